The molecule has 0 aliphatic carbocycles. The Morgan fingerprint density at radius 3 is 2.75 bits per heavy atom. The fraction of sp³-hybridized carbons (Fsp3) is 0.0714. The number of benzene rings is 2. The summed E-state index contributed by atoms with van der Waals surface area (Å²) in [5.74, 6) is 0.749. The number of halogens is 2. The molecular formula is C14H10Cl2N2OS. The molecule has 1 N–H and O–H groups in total. The van der Waals surface area contributed by atoms with Crippen molar-refractivity contribution in [1.29, 1.82) is 0 Å². The standard InChI is InChI=1S/C14H10Cl2N2OS/c1-19-8-5-6-10-12(7-8)18(14(20)17-10)11-4-2-3-9(15)13(11)16/h2-7H,1H3,(H,17,20). The van der Waals surface area contributed by atoms with Gasteiger partial charge in [-0.1, -0.05) is 29.3 Å². The van der Waals surface area contributed by atoms with Crippen molar-refractivity contribution in [1.82, 2.24) is 9.55 Å². The van der Waals surface area contributed by atoms with E-state index in [4.69, 9.17) is 40.2 Å². The Balaban J connectivity index is 2.38. The fourth-order valence-corrected chi connectivity index (χ4v) is 2.80. The lowest BCUT2D eigenvalue weighted by molar-refractivity contribution is 0.415. The summed E-state index contributed by atoms with van der Waals surface area (Å²) in [6.07, 6.45) is 0. The molecule has 0 amide bonds. The van der Waals surface area contributed by atoms with Crippen molar-refractivity contribution in [2.24, 2.45) is 0 Å². The minimum absolute atomic E-state index is 0.467. The van der Waals surface area contributed by atoms with E-state index in [1.165, 1.54) is 0 Å². The second-order valence-electron chi connectivity index (χ2n) is 4.22. The third-order valence-electron chi connectivity index (χ3n) is 3.06. The lowest BCUT2D eigenvalue weighted by atomic mass is 10.2. The molecule has 0 fully saturated rings. The van der Waals surface area contributed by atoms with Crippen molar-refractivity contribution in [3.8, 4) is 11.4 Å². The molecule has 1 aromatic heterocycles. The topological polar surface area (TPSA) is 29.9 Å². The van der Waals surface area contributed by atoms with Crippen LogP contribution in [0.15, 0.2) is 36.4 Å². The van der Waals surface area contributed by atoms with Gasteiger partial charge in [-0.2, -0.15) is 0 Å². The zero-order valence-corrected chi connectivity index (χ0v) is 12.8. The van der Waals surface area contributed by atoms with Crippen molar-refractivity contribution in [3.63, 3.8) is 0 Å². The van der Waals surface area contributed by atoms with Crippen LogP contribution >= 0.6 is 35.4 Å². The van der Waals surface area contributed by atoms with Gasteiger partial charge in [-0.05, 0) is 36.5 Å². The predicted molar refractivity (Wildman–Crippen MR) is 85.0 cm³/mol. The summed E-state index contributed by atoms with van der Waals surface area (Å²) in [4.78, 5) is 3.14. The van der Waals surface area contributed by atoms with Gasteiger partial charge in [0.1, 0.15) is 5.75 Å². The monoisotopic (exact) mass is 324 g/mol. The summed E-state index contributed by atoms with van der Waals surface area (Å²) in [5.41, 5.74) is 2.54. The Bertz CT molecular complexity index is 854. The summed E-state index contributed by atoms with van der Waals surface area (Å²) in [5, 5.41) is 0.956. The maximum atomic E-state index is 6.29. The van der Waals surface area contributed by atoms with Crippen molar-refractivity contribution >= 4 is 46.5 Å². The van der Waals surface area contributed by atoms with Crippen LogP contribution in [0.25, 0.3) is 16.7 Å². The zero-order valence-electron chi connectivity index (χ0n) is 10.5. The molecule has 6 heteroatoms. The number of aromatic nitrogens is 2. The normalized spacial score (nSPS) is 10.9. The first-order valence-electron chi connectivity index (χ1n) is 5.85. The number of imidazole rings is 1. The predicted octanol–water partition coefficient (Wildman–Crippen LogP) is 5.00. The molecule has 0 bridgehead atoms. The van der Waals surface area contributed by atoms with Crippen molar-refractivity contribution in [2.75, 3.05) is 7.11 Å². The van der Waals surface area contributed by atoms with Crippen LogP contribution in [-0.2, 0) is 0 Å². The molecule has 0 spiro atoms. The quantitative estimate of drug-likeness (QED) is 0.672. The molecule has 0 atom stereocenters. The number of methoxy groups -OCH3 is 1. The van der Waals surface area contributed by atoms with E-state index in [9.17, 15) is 0 Å². The van der Waals surface area contributed by atoms with E-state index in [0.717, 1.165) is 22.5 Å². The van der Waals surface area contributed by atoms with Gasteiger partial charge in [0.25, 0.3) is 0 Å². The van der Waals surface area contributed by atoms with E-state index in [2.05, 4.69) is 4.98 Å². The number of nitrogens with zero attached hydrogens (tertiary/aromatic N) is 1. The zero-order chi connectivity index (χ0) is 14.3. The van der Waals surface area contributed by atoms with E-state index < -0.39 is 0 Å². The van der Waals surface area contributed by atoms with E-state index in [1.807, 2.05) is 34.9 Å². The summed E-state index contributed by atoms with van der Waals surface area (Å²) in [7, 11) is 1.62. The molecule has 20 heavy (non-hydrogen) atoms. The van der Waals surface area contributed by atoms with Crippen molar-refractivity contribution in [3.05, 3.63) is 51.2 Å². The lowest BCUT2D eigenvalue weighted by Gasteiger charge is -2.08. The summed E-state index contributed by atoms with van der Waals surface area (Å²) < 4.78 is 7.66. The number of nitrogens with one attached hydrogen (secondary N) is 1. The van der Waals surface area contributed by atoms with Crippen LogP contribution < -0.4 is 4.74 Å². The van der Waals surface area contributed by atoms with E-state index >= 15 is 0 Å². The third-order valence-corrected chi connectivity index (χ3v) is 4.16. The van der Waals surface area contributed by atoms with Gasteiger partial charge >= 0.3 is 0 Å². The van der Waals surface area contributed by atoms with Gasteiger partial charge in [0.15, 0.2) is 4.77 Å². The maximum Gasteiger partial charge on any atom is 0.182 e. The molecule has 2 aromatic carbocycles. The van der Waals surface area contributed by atoms with Gasteiger partial charge in [0, 0.05) is 6.07 Å². The number of ether oxygens (including phenoxy) is 1. The Labute approximate surface area is 130 Å². The van der Waals surface area contributed by atoms with Crippen LogP contribution in [-0.4, -0.2) is 16.7 Å². The number of hydrogen-bond acceptors (Lipinski definition) is 2. The van der Waals surface area contributed by atoms with Gasteiger partial charge in [0.2, 0.25) is 0 Å². The lowest BCUT2D eigenvalue weighted by Crippen LogP contribution is -1.95. The molecule has 0 radical (unpaired) electrons. The third kappa shape index (κ3) is 2.10. The maximum absolute atomic E-state index is 6.29. The first-order valence-corrected chi connectivity index (χ1v) is 7.01. The first kappa shape index (κ1) is 13.5. The highest BCUT2D eigenvalue weighted by molar-refractivity contribution is 7.71. The number of fused-ring (bicyclic) bond motifs is 1. The van der Waals surface area contributed by atoms with Gasteiger partial charge < -0.3 is 9.72 Å². The van der Waals surface area contributed by atoms with E-state index in [1.54, 1.807) is 13.2 Å². The number of rotatable bonds is 2. The Morgan fingerprint density at radius 2 is 2.00 bits per heavy atom. The minimum Gasteiger partial charge on any atom is -0.497 e. The number of aromatic amines is 1. The molecule has 3 rings (SSSR count). The largest absolute Gasteiger partial charge is 0.497 e. The average Bonchev–Trinajstić information content (AvgIpc) is 2.77. The summed E-state index contributed by atoms with van der Waals surface area (Å²) >= 11 is 17.7. The first-order chi connectivity index (χ1) is 9.61. The molecule has 1 heterocycles. The number of H-pyrrole nitrogens is 1. The van der Waals surface area contributed by atoms with Crippen molar-refractivity contribution in [2.45, 2.75) is 0 Å². The highest BCUT2D eigenvalue weighted by Gasteiger charge is 2.12. The number of hydrogen-bond donors (Lipinski definition) is 1. The molecule has 3 nitrogen and oxygen atoms in total. The van der Waals surface area contributed by atoms with Gasteiger partial charge in [-0.3, -0.25) is 4.57 Å². The Hall–Kier alpha value is -1.49. The van der Waals surface area contributed by atoms with Crippen LogP contribution in [0.1, 0.15) is 0 Å². The highest BCUT2D eigenvalue weighted by atomic mass is 35.5. The molecule has 0 aliphatic rings. The van der Waals surface area contributed by atoms with Crippen LogP contribution in [0.3, 0.4) is 0 Å². The van der Waals surface area contributed by atoms with Gasteiger partial charge in [0.05, 0.1) is 33.9 Å². The molecule has 0 saturated heterocycles. The molecular weight excluding hydrogens is 315 g/mol. The SMILES string of the molecule is COc1ccc2[nH]c(=S)n(-c3cccc(Cl)c3Cl)c2c1. The second kappa shape index (κ2) is 5.13. The second-order valence-corrected chi connectivity index (χ2v) is 5.39. The van der Waals surface area contributed by atoms with Gasteiger partial charge in [-0.25, -0.2) is 0 Å². The van der Waals surface area contributed by atoms with Crippen LogP contribution in [0.2, 0.25) is 10.0 Å². The van der Waals surface area contributed by atoms with Crippen LogP contribution in [0, 0.1) is 4.77 Å². The summed E-state index contributed by atoms with van der Waals surface area (Å²) in [6.45, 7) is 0. The fourth-order valence-electron chi connectivity index (χ4n) is 2.11. The van der Waals surface area contributed by atoms with Crippen molar-refractivity contribution < 1.29 is 4.74 Å². The van der Waals surface area contributed by atoms with Gasteiger partial charge in [-0.15, -0.1) is 0 Å². The van der Waals surface area contributed by atoms with Crippen LogP contribution in [0.5, 0.6) is 5.75 Å². The highest BCUT2D eigenvalue weighted by Crippen LogP contribution is 2.32. The molecule has 0 aliphatic heterocycles. The summed E-state index contributed by atoms with van der Waals surface area (Å²) in [6, 6.07) is 11.1. The Kier molecular flexibility index (Phi) is 3.46. The van der Waals surface area contributed by atoms with E-state index in [0.29, 0.717) is 14.8 Å². The smallest absolute Gasteiger partial charge is 0.182 e. The van der Waals surface area contributed by atoms with E-state index in [-0.39, 0.29) is 0 Å². The molecule has 3 aromatic rings. The average molecular weight is 325 g/mol. The minimum atomic E-state index is 0.467. The molecule has 102 valence electrons. The Morgan fingerprint density at radius 1 is 1.20 bits per heavy atom. The molecule has 0 saturated carbocycles. The van der Waals surface area contributed by atoms with Crippen LogP contribution in [0.4, 0.5) is 0 Å². The molecule has 0 unspecified atom stereocenters.